The Morgan fingerprint density at radius 1 is 1.29 bits per heavy atom. The number of benzene rings is 1. The van der Waals surface area contributed by atoms with Gasteiger partial charge in [0.15, 0.2) is 0 Å². The number of hydrogen-bond acceptors (Lipinski definition) is 4. The number of amides is 1. The Balaban J connectivity index is 2.30. The first-order valence-corrected chi connectivity index (χ1v) is 5.37. The van der Waals surface area contributed by atoms with Crippen molar-refractivity contribution >= 4 is 34.9 Å². The van der Waals surface area contributed by atoms with Crippen LogP contribution in [0, 0.1) is 0 Å². The van der Waals surface area contributed by atoms with Crippen LogP contribution in [0.5, 0.6) is 0 Å². The van der Waals surface area contributed by atoms with Gasteiger partial charge in [0.2, 0.25) is 0 Å². The topological polar surface area (TPSA) is 59.0 Å². The van der Waals surface area contributed by atoms with E-state index in [1.54, 1.807) is 31.2 Å². The largest absolute Gasteiger partial charge is 0.474 e. The molecule has 0 fully saturated rings. The van der Waals surface area contributed by atoms with Crippen molar-refractivity contribution in [2.24, 2.45) is 5.10 Å². The molecule has 0 spiro atoms. The first-order chi connectivity index (χ1) is 8.13. The Bertz CT molecular complexity index is 496. The fourth-order valence-corrected chi connectivity index (χ4v) is 1.48. The fourth-order valence-electron chi connectivity index (χ4n) is 1.36. The number of nitrogens with zero attached hydrogens (tertiary/aromatic N) is 2. The second kappa shape index (κ2) is 4.55. The Hall–Kier alpha value is -1.88. The number of carbonyl (C=O) groups excluding carboxylic acids is 2. The Kier molecular flexibility index (Phi) is 3.10. The van der Waals surface area contributed by atoms with Gasteiger partial charge in [-0.15, -0.1) is 5.10 Å². The molecule has 1 aromatic rings. The molecule has 1 aliphatic rings. The number of Topliss-reactive ketones (excluding diaryl/α,β-unsaturated/α-hetero) is 1. The molecule has 0 aliphatic carbocycles. The second-order valence-electron chi connectivity index (χ2n) is 3.26. The van der Waals surface area contributed by atoms with Crippen LogP contribution in [0.1, 0.15) is 6.92 Å². The molecule has 0 radical (unpaired) electrons. The van der Waals surface area contributed by atoms with E-state index < -0.39 is 11.7 Å². The minimum absolute atomic E-state index is 0.174. The molecular formula is C11H9ClN2O3. The van der Waals surface area contributed by atoms with Crippen LogP contribution in [0.4, 0.5) is 5.69 Å². The molecule has 1 aliphatic heterocycles. The molecule has 0 bridgehead atoms. The molecule has 1 amide bonds. The molecule has 0 N–H and O–H groups in total. The van der Waals surface area contributed by atoms with Gasteiger partial charge in [-0.1, -0.05) is 11.6 Å². The van der Waals surface area contributed by atoms with Gasteiger partial charge in [0, 0.05) is 5.02 Å². The highest BCUT2D eigenvalue weighted by molar-refractivity contribution is 6.67. The Labute approximate surface area is 103 Å². The lowest BCUT2D eigenvalue weighted by atomic mass is 10.3. The van der Waals surface area contributed by atoms with Crippen LogP contribution < -0.4 is 5.01 Å². The van der Waals surface area contributed by atoms with E-state index in [-0.39, 0.29) is 12.5 Å². The zero-order chi connectivity index (χ0) is 12.4. The summed E-state index contributed by atoms with van der Waals surface area (Å²) in [5.74, 6) is -1.63. The zero-order valence-corrected chi connectivity index (χ0v) is 9.77. The zero-order valence-electron chi connectivity index (χ0n) is 9.01. The van der Waals surface area contributed by atoms with Gasteiger partial charge in [0.05, 0.1) is 12.3 Å². The molecular weight excluding hydrogens is 244 g/mol. The van der Waals surface area contributed by atoms with Crippen molar-refractivity contribution in [1.29, 1.82) is 0 Å². The highest BCUT2D eigenvalue weighted by Gasteiger charge is 2.36. The first kappa shape index (κ1) is 11.6. The maximum atomic E-state index is 11.6. The maximum absolute atomic E-state index is 11.6. The summed E-state index contributed by atoms with van der Waals surface area (Å²) in [5.41, 5.74) is 0.474. The summed E-state index contributed by atoms with van der Waals surface area (Å²) >= 11 is 5.73. The average molecular weight is 253 g/mol. The number of halogens is 1. The van der Waals surface area contributed by atoms with Crippen molar-refractivity contribution in [3.63, 3.8) is 0 Å². The molecule has 1 aromatic carbocycles. The fraction of sp³-hybridized carbons (Fsp3) is 0.182. The van der Waals surface area contributed by atoms with Crippen molar-refractivity contribution in [2.45, 2.75) is 6.92 Å². The van der Waals surface area contributed by atoms with Gasteiger partial charge in [0.1, 0.15) is 0 Å². The number of ether oxygens (including phenoxy) is 1. The number of hydrazone groups is 1. The van der Waals surface area contributed by atoms with Gasteiger partial charge in [-0.2, -0.15) is 5.01 Å². The normalized spacial score (nSPS) is 15.2. The van der Waals surface area contributed by atoms with E-state index in [0.29, 0.717) is 10.7 Å². The molecule has 0 atom stereocenters. The van der Waals surface area contributed by atoms with Crippen molar-refractivity contribution in [2.75, 3.05) is 11.6 Å². The van der Waals surface area contributed by atoms with Crippen LogP contribution in [-0.2, 0) is 14.3 Å². The number of ketones is 1. The molecule has 0 saturated carbocycles. The van der Waals surface area contributed by atoms with Gasteiger partial charge < -0.3 is 4.74 Å². The van der Waals surface area contributed by atoms with Gasteiger partial charge in [-0.05, 0) is 31.2 Å². The summed E-state index contributed by atoms with van der Waals surface area (Å²) in [6, 6.07) is 6.43. The van der Waals surface area contributed by atoms with Crippen molar-refractivity contribution in [1.82, 2.24) is 0 Å². The van der Waals surface area contributed by atoms with Crippen molar-refractivity contribution in [3.8, 4) is 0 Å². The van der Waals surface area contributed by atoms with Crippen LogP contribution in [0.3, 0.4) is 0 Å². The molecule has 6 heteroatoms. The summed E-state index contributed by atoms with van der Waals surface area (Å²) < 4.78 is 4.97. The lowest BCUT2D eigenvalue weighted by Crippen LogP contribution is -2.27. The SMILES string of the molecule is CCOC1=NN(c2ccc(Cl)cc2)C(=O)C1=O. The van der Waals surface area contributed by atoms with E-state index >= 15 is 0 Å². The monoisotopic (exact) mass is 252 g/mol. The standard InChI is InChI=1S/C11H9ClN2O3/c1-2-17-10-9(15)11(16)14(13-10)8-5-3-7(12)4-6-8/h3-6H,2H2,1H3. The number of rotatable bonds is 2. The Morgan fingerprint density at radius 3 is 2.53 bits per heavy atom. The van der Waals surface area contributed by atoms with E-state index in [1.165, 1.54) is 0 Å². The van der Waals surface area contributed by atoms with Crippen molar-refractivity contribution in [3.05, 3.63) is 29.3 Å². The van der Waals surface area contributed by atoms with Crippen molar-refractivity contribution < 1.29 is 14.3 Å². The minimum atomic E-state index is -0.734. The summed E-state index contributed by atoms with van der Waals surface area (Å²) in [7, 11) is 0. The van der Waals surface area contributed by atoms with Gasteiger partial charge in [0.25, 0.3) is 5.90 Å². The van der Waals surface area contributed by atoms with Crippen LogP contribution in [0.15, 0.2) is 29.4 Å². The first-order valence-electron chi connectivity index (χ1n) is 4.99. The summed E-state index contributed by atoms with van der Waals surface area (Å²) in [6.45, 7) is 2.00. The highest BCUT2D eigenvalue weighted by atomic mass is 35.5. The predicted molar refractivity (Wildman–Crippen MR) is 63.0 cm³/mol. The van der Waals surface area contributed by atoms with E-state index in [1.807, 2.05) is 0 Å². The van der Waals surface area contributed by atoms with Crippen LogP contribution in [0.25, 0.3) is 0 Å². The molecule has 5 nitrogen and oxygen atoms in total. The lowest BCUT2D eigenvalue weighted by Gasteiger charge is -2.09. The predicted octanol–water partition coefficient (Wildman–Crippen LogP) is 1.61. The molecule has 17 heavy (non-hydrogen) atoms. The molecule has 1 heterocycles. The van der Waals surface area contributed by atoms with Gasteiger partial charge in [-0.3, -0.25) is 9.59 Å². The van der Waals surface area contributed by atoms with E-state index in [0.717, 1.165) is 5.01 Å². The quantitative estimate of drug-likeness (QED) is 0.752. The van der Waals surface area contributed by atoms with Gasteiger partial charge in [-0.25, -0.2) is 0 Å². The summed E-state index contributed by atoms with van der Waals surface area (Å²) in [5, 5.41) is 5.37. The number of hydrogen-bond donors (Lipinski definition) is 0. The van der Waals surface area contributed by atoms with Crippen LogP contribution in [0.2, 0.25) is 5.02 Å². The van der Waals surface area contributed by atoms with E-state index in [2.05, 4.69) is 5.10 Å². The maximum Gasteiger partial charge on any atom is 0.325 e. The molecule has 2 rings (SSSR count). The Morgan fingerprint density at radius 2 is 1.94 bits per heavy atom. The molecule has 0 saturated heterocycles. The molecule has 0 unspecified atom stereocenters. The number of anilines is 1. The molecule has 88 valence electrons. The third-order valence-electron chi connectivity index (χ3n) is 2.12. The smallest absolute Gasteiger partial charge is 0.325 e. The third kappa shape index (κ3) is 2.14. The van der Waals surface area contributed by atoms with Crippen LogP contribution in [-0.4, -0.2) is 24.2 Å². The second-order valence-corrected chi connectivity index (χ2v) is 3.70. The third-order valence-corrected chi connectivity index (χ3v) is 2.38. The van der Waals surface area contributed by atoms with Crippen LogP contribution >= 0.6 is 11.6 Å². The molecule has 0 aromatic heterocycles. The van der Waals surface area contributed by atoms with E-state index in [9.17, 15) is 9.59 Å². The number of carbonyl (C=O) groups is 2. The minimum Gasteiger partial charge on any atom is -0.474 e. The lowest BCUT2D eigenvalue weighted by molar-refractivity contribution is -0.132. The summed E-state index contributed by atoms with van der Waals surface area (Å²) in [4.78, 5) is 23.1. The highest BCUT2D eigenvalue weighted by Crippen LogP contribution is 2.21. The van der Waals surface area contributed by atoms with E-state index in [4.69, 9.17) is 16.3 Å². The van der Waals surface area contributed by atoms with Gasteiger partial charge >= 0.3 is 11.7 Å². The average Bonchev–Trinajstić information content (AvgIpc) is 2.59. The summed E-state index contributed by atoms with van der Waals surface area (Å²) in [6.07, 6.45) is 0.